The molecule has 3 aliphatic heterocycles. The number of rotatable bonds is 2. The number of nitrogens with zero attached hydrogens (tertiary/aromatic N) is 1. The number of fused-ring (bicyclic) bond motifs is 10. The van der Waals surface area contributed by atoms with E-state index in [0.29, 0.717) is 0 Å². The van der Waals surface area contributed by atoms with Crippen molar-refractivity contribution in [1.82, 2.24) is 4.57 Å². The Morgan fingerprint density at radius 2 is 0.896 bits per heavy atom. The zero-order valence-corrected chi connectivity index (χ0v) is 25.8. The Kier molecular flexibility index (Phi) is 5.25. The quantitative estimate of drug-likeness (QED) is 0.220. The summed E-state index contributed by atoms with van der Waals surface area (Å²) < 4.78 is 22.7. The molecule has 0 saturated heterocycles. The van der Waals surface area contributed by atoms with Gasteiger partial charge in [-0.1, -0.05) is 109 Å². The number of hydrogen-bond donors (Lipinski definition) is 0. The Hall–Kier alpha value is -6.13. The molecule has 8 aromatic rings. The molecule has 0 fully saturated rings. The number of hydrogen-bond acceptors (Lipinski definition) is 3. The van der Waals surface area contributed by atoms with Crippen molar-refractivity contribution >= 4 is 68.0 Å². The molecule has 0 radical (unpaired) electrons. The minimum atomic E-state index is -0.138. The summed E-state index contributed by atoms with van der Waals surface area (Å²) in [6.07, 6.45) is 0. The van der Waals surface area contributed by atoms with Gasteiger partial charge in [-0.25, -0.2) is 0 Å². The minimum Gasteiger partial charge on any atom is -0.459 e. The van der Waals surface area contributed by atoms with Gasteiger partial charge in [-0.3, -0.25) is 0 Å². The second-order valence-corrected chi connectivity index (χ2v) is 12.8. The lowest BCUT2D eigenvalue weighted by Gasteiger charge is -2.37. The standard InChI is InChI=1S/C42H25B2NO3/c1-6-19-33-28(14-1)29-15-2-7-20-34(29)45(33)27-13-11-12-26(24-27)43-30-16-3-8-21-35(30)46-38-25-39-41-42(40(38)43)48-37-23-10-5-18-32(37)44(41)31-17-4-9-22-36(31)47-39/h1-25H. The molecule has 0 atom stereocenters. The highest BCUT2D eigenvalue weighted by Gasteiger charge is 2.45. The molecule has 0 spiro atoms. The van der Waals surface area contributed by atoms with Gasteiger partial charge in [0.2, 0.25) is 0 Å². The molecule has 3 aliphatic rings. The smallest absolute Gasteiger partial charge is 0.260 e. The van der Waals surface area contributed by atoms with E-state index in [2.05, 4.69) is 138 Å². The first kappa shape index (κ1) is 26.0. The van der Waals surface area contributed by atoms with Crippen LogP contribution in [0.5, 0.6) is 34.5 Å². The highest BCUT2D eigenvalue weighted by molar-refractivity contribution is 7.01. The third-order valence-electron chi connectivity index (χ3n) is 10.2. The summed E-state index contributed by atoms with van der Waals surface area (Å²) in [5.41, 5.74) is 10.1. The molecule has 0 N–H and O–H groups in total. The Labute approximate surface area is 277 Å². The second kappa shape index (κ2) is 9.69. The summed E-state index contributed by atoms with van der Waals surface area (Å²) in [6, 6.07) is 53.4. The molecule has 0 bridgehead atoms. The number of aromatic nitrogens is 1. The molecule has 7 aromatic carbocycles. The molecule has 6 heteroatoms. The van der Waals surface area contributed by atoms with Gasteiger partial charge >= 0.3 is 0 Å². The molecule has 222 valence electrons. The predicted octanol–water partition coefficient (Wildman–Crippen LogP) is 6.13. The number of para-hydroxylation sites is 5. The van der Waals surface area contributed by atoms with E-state index in [1.165, 1.54) is 27.3 Å². The van der Waals surface area contributed by atoms with Crippen LogP contribution in [0.3, 0.4) is 0 Å². The normalized spacial score (nSPS) is 13.4. The van der Waals surface area contributed by atoms with Crippen molar-refractivity contribution < 1.29 is 14.2 Å². The Balaban J connectivity index is 1.18. The lowest BCUT2D eigenvalue weighted by molar-refractivity contribution is 0.447. The van der Waals surface area contributed by atoms with E-state index in [4.69, 9.17) is 14.2 Å². The molecule has 0 amide bonds. The van der Waals surface area contributed by atoms with Crippen LogP contribution < -0.4 is 47.0 Å². The van der Waals surface area contributed by atoms with E-state index in [1.54, 1.807) is 0 Å². The van der Waals surface area contributed by atoms with Crippen molar-refractivity contribution in [1.29, 1.82) is 0 Å². The van der Waals surface area contributed by atoms with E-state index in [9.17, 15) is 0 Å². The zero-order chi connectivity index (χ0) is 31.3. The molecule has 1 aromatic heterocycles. The molecular formula is C42H25B2NO3. The third kappa shape index (κ3) is 3.52. The van der Waals surface area contributed by atoms with Crippen LogP contribution in [-0.4, -0.2) is 18.0 Å². The molecule has 0 saturated carbocycles. The van der Waals surface area contributed by atoms with E-state index >= 15 is 0 Å². The third-order valence-corrected chi connectivity index (χ3v) is 10.2. The Morgan fingerprint density at radius 3 is 1.52 bits per heavy atom. The lowest BCUT2D eigenvalue weighted by atomic mass is 9.31. The van der Waals surface area contributed by atoms with Crippen LogP contribution in [-0.2, 0) is 0 Å². The fraction of sp³-hybridized carbons (Fsp3) is 0. The summed E-state index contributed by atoms with van der Waals surface area (Å²) in [5, 5.41) is 2.49. The minimum absolute atomic E-state index is 0.0167. The average molecular weight is 613 g/mol. The second-order valence-electron chi connectivity index (χ2n) is 12.8. The van der Waals surface area contributed by atoms with Gasteiger partial charge in [-0.15, -0.1) is 0 Å². The van der Waals surface area contributed by atoms with Crippen LogP contribution in [0.2, 0.25) is 0 Å². The fourth-order valence-electron chi connectivity index (χ4n) is 8.28. The largest absolute Gasteiger partial charge is 0.459 e. The monoisotopic (exact) mass is 613 g/mol. The van der Waals surface area contributed by atoms with Gasteiger partial charge < -0.3 is 18.8 Å². The maximum atomic E-state index is 6.96. The van der Waals surface area contributed by atoms with Crippen molar-refractivity contribution in [2.24, 2.45) is 0 Å². The highest BCUT2D eigenvalue weighted by atomic mass is 16.5. The van der Waals surface area contributed by atoms with Gasteiger partial charge in [-0.2, -0.15) is 0 Å². The summed E-state index contributed by atoms with van der Waals surface area (Å²) >= 11 is 0. The molecule has 0 unspecified atom stereocenters. The van der Waals surface area contributed by atoms with Crippen LogP contribution in [0.4, 0.5) is 0 Å². The molecule has 4 nitrogen and oxygen atoms in total. The van der Waals surface area contributed by atoms with E-state index in [0.717, 1.165) is 67.5 Å². The van der Waals surface area contributed by atoms with Gasteiger partial charge in [-0.05, 0) is 58.9 Å². The first-order valence-corrected chi connectivity index (χ1v) is 16.4. The van der Waals surface area contributed by atoms with Crippen molar-refractivity contribution in [2.45, 2.75) is 0 Å². The SMILES string of the molecule is c1cc(B2c3ccccc3Oc3cc4c5c(c32)Oc2ccccc2B5c2ccccc2O4)cc(-n2c3ccccc3c3ccccc32)c1. The Bertz CT molecular complexity index is 2580. The first-order chi connectivity index (χ1) is 23.8. The van der Waals surface area contributed by atoms with Crippen LogP contribution in [0, 0.1) is 0 Å². The van der Waals surface area contributed by atoms with Gasteiger partial charge in [0.15, 0.2) is 0 Å². The molecular weight excluding hydrogens is 588 g/mol. The molecule has 48 heavy (non-hydrogen) atoms. The first-order valence-electron chi connectivity index (χ1n) is 16.4. The fourth-order valence-corrected chi connectivity index (χ4v) is 8.28. The van der Waals surface area contributed by atoms with Crippen molar-refractivity contribution in [2.75, 3.05) is 0 Å². The number of ether oxygens (including phenoxy) is 3. The summed E-state index contributed by atoms with van der Waals surface area (Å²) in [6.45, 7) is -0.154. The van der Waals surface area contributed by atoms with Crippen LogP contribution >= 0.6 is 0 Å². The van der Waals surface area contributed by atoms with E-state index < -0.39 is 0 Å². The molecule has 4 heterocycles. The van der Waals surface area contributed by atoms with Gasteiger partial charge in [0.1, 0.15) is 34.5 Å². The molecule has 0 aliphatic carbocycles. The lowest BCUT2D eigenvalue weighted by Crippen LogP contribution is -2.62. The van der Waals surface area contributed by atoms with Crippen LogP contribution in [0.1, 0.15) is 0 Å². The van der Waals surface area contributed by atoms with Gasteiger partial charge in [0.05, 0.1) is 11.0 Å². The van der Waals surface area contributed by atoms with E-state index in [1.807, 2.05) is 18.2 Å². The number of benzene rings is 7. The van der Waals surface area contributed by atoms with Crippen molar-refractivity contribution in [3.63, 3.8) is 0 Å². The Morgan fingerprint density at radius 1 is 0.396 bits per heavy atom. The van der Waals surface area contributed by atoms with E-state index in [-0.39, 0.29) is 13.4 Å². The summed E-state index contributed by atoms with van der Waals surface area (Å²) in [7, 11) is 0. The van der Waals surface area contributed by atoms with Crippen LogP contribution in [0.25, 0.3) is 27.5 Å². The average Bonchev–Trinajstić information content (AvgIpc) is 3.48. The topological polar surface area (TPSA) is 32.6 Å². The summed E-state index contributed by atoms with van der Waals surface area (Å²) in [5.74, 6) is 4.93. The van der Waals surface area contributed by atoms with Crippen LogP contribution in [0.15, 0.2) is 152 Å². The van der Waals surface area contributed by atoms with Gasteiger partial charge in [0, 0.05) is 33.5 Å². The maximum Gasteiger partial charge on any atom is 0.260 e. The predicted molar refractivity (Wildman–Crippen MR) is 196 cm³/mol. The van der Waals surface area contributed by atoms with Gasteiger partial charge in [0.25, 0.3) is 13.4 Å². The molecule has 11 rings (SSSR count). The van der Waals surface area contributed by atoms with Crippen molar-refractivity contribution in [3.05, 3.63) is 152 Å². The summed E-state index contributed by atoms with van der Waals surface area (Å²) in [4.78, 5) is 0. The zero-order valence-electron chi connectivity index (χ0n) is 25.8. The van der Waals surface area contributed by atoms with Crippen molar-refractivity contribution in [3.8, 4) is 40.2 Å². The highest BCUT2D eigenvalue weighted by Crippen LogP contribution is 2.39. The maximum absolute atomic E-state index is 6.96.